The molecule has 4 rings (SSSR count). The molecule has 0 spiro atoms. The number of aromatic nitrogens is 2. The van der Waals surface area contributed by atoms with Crippen LogP contribution >= 0.6 is 0 Å². The minimum absolute atomic E-state index is 0.0808. The molecule has 2 heterocycles. The number of nitrogens with zero attached hydrogens (tertiary/aromatic N) is 3. The van der Waals surface area contributed by atoms with Crippen molar-refractivity contribution in [2.24, 2.45) is 17.3 Å². The minimum atomic E-state index is -0.751. The van der Waals surface area contributed by atoms with E-state index >= 15 is 0 Å². The van der Waals surface area contributed by atoms with E-state index < -0.39 is 11.4 Å². The monoisotopic (exact) mass is 360 g/mol. The molecular formula is C19H28N4O3. The number of aliphatic carboxylic acids is 1. The third-order valence-electron chi connectivity index (χ3n) is 6.21. The molecule has 7 heteroatoms. The number of rotatable bonds is 5. The highest BCUT2D eigenvalue weighted by Crippen LogP contribution is 2.49. The van der Waals surface area contributed by atoms with Gasteiger partial charge in [-0.1, -0.05) is 20.3 Å². The molecule has 0 bridgehead atoms. The summed E-state index contributed by atoms with van der Waals surface area (Å²) >= 11 is 0. The van der Waals surface area contributed by atoms with Gasteiger partial charge in [-0.2, -0.15) is 5.10 Å². The van der Waals surface area contributed by atoms with Crippen molar-refractivity contribution >= 4 is 17.7 Å². The third kappa shape index (κ3) is 2.87. The van der Waals surface area contributed by atoms with Crippen LogP contribution in [0.5, 0.6) is 0 Å². The van der Waals surface area contributed by atoms with Crippen molar-refractivity contribution in [3.8, 4) is 0 Å². The predicted octanol–water partition coefficient (Wildman–Crippen LogP) is 3.14. The summed E-state index contributed by atoms with van der Waals surface area (Å²) < 4.78 is 2.02. The van der Waals surface area contributed by atoms with Gasteiger partial charge < -0.3 is 15.3 Å². The van der Waals surface area contributed by atoms with Crippen LogP contribution in [-0.2, 0) is 11.3 Å². The Morgan fingerprint density at radius 3 is 2.77 bits per heavy atom. The van der Waals surface area contributed by atoms with Gasteiger partial charge in [-0.05, 0) is 37.5 Å². The van der Waals surface area contributed by atoms with E-state index in [0.717, 1.165) is 43.6 Å². The minimum Gasteiger partial charge on any atom is -0.481 e. The number of hydrogen-bond donors (Lipinski definition) is 2. The topological polar surface area (TPSA) is 87.5 Å². The molecule has 3 fully saturated rings. The van der Waals surface area contributed by atoms with Crippen LogP contribution in [0.2, 0.25) is 0 Å². The van der Waals surface area contributed by atoms with E-state index in [4.69, 9.17) is 0 Å². The van der Waals surface area contributed by atoms with Gasteiger partial charge in [0.15, 0.2) is 0 Å². The average Bonchev–Trinajstić information content (AvgIpc) is 3.02. The van der Waals surface area contributed by atoms with Crippen LogP contribution in [0.4, 0.5) is 10.5 Å². The van der Waals surface area contributed by atoms with Crippen LogP contribution in [0, 0.1) is 17.3 Å². The van der Waals surface area contributed by atoms with Gasteiger partial charge in [0.05, 0.1) is 23.0 Å². The number of carbonyl (C=O) groups excluding carboxylic acids is 1. The first-order chi connectivity index (χ1) is 12.4. The fourth-order valence-corrected chi connectivity index (χ4v) is 4.76. The largest absolute Gasteiger partial charge is 0.481 e. The number of carbonyl (C=O) groups is 2. The Labute approximate surface area is 153 Å². The Bertz CT molecular complexity index is 724. The molecular weight excluding hydrogens is 332 g/mol. The summed E-state index contributed by atoms with van der Waals surface area (Å²) in [6, 6.07) is -0.189. The fourth-order valence-electron chi connectivity index (χ4n) is 4.76. The molecule has 142 valence electrons. The molecule has 1 aliphatic heterocycles. The van der Waals surface area contributed by atoms with Gasteiger partial charge in [0.25, 0.3) is 0 Å². The molecule has 0 radical (unpaired) electrons. The molecule has 2 amide bonds. The maximum absolute atomic E-state index is 12.8. The van der Waals surface area contributed by atoms with Crippen LogP contribution in [0.3, 0.4) is 0 Å². The maximum atomic E-state index is 12.8. The lowest BCUT2D eigenvalue weighted by Gasteiger charge is -2.23. The van der Waals surface area contributed by atoms with E-state index in [1.807, 2.05) is 4.68 Å². The molecule has 3 aliphatic rings. The zero-order chi connectivity index (χ0) is 18.5. The molecule has 2 aliphatic carbocycles. The smallest absolute Gasteiger partial charge is 0.321 e. The van der Waals surface area contributed by atoms with Gasteiger partial charge in [-0.15, -0.1) is 0 Å². The lowest BCUT2D eigenvalue weighted by atomic mass is 9.81. The number of carboxylic acids is 1. The second-order valence-corrected chi connectivity index (χ2v) is 8.65. The van der Waals surface area contributed by atoms with E-state index in [1.54, 1.807) is 11.1 Å². The highest BCUT2D eigenvalue weighted by molar-refractivity contribution is 5.91. The van der Waals surface area contributed by atoms with Gasteiger partial charge in [0, 0.05) is 25.6 Å². The summed E-state index contributed by atoms with van der Waals surface area (Å²) in [6.07, 6.45) is 6.55. The summed E-state index contributed by atoms with van der Waals surface area (Å²) in [5.41, 5.74) is 1.18. The quantitative estimate of drug-likeness (QED) is 0.844. The van der Waals surface area contributed by atoms with E-state index in [1.165, 1.54) is 0 Å². The summed E-state index contributed by atoms with van der Waals surface area (Å²) in [6.45, 7) is 6.01. The lowest BCUT2D eigenvalue weighted by molar-refractivity contribution is -0.149. The molecule has 1 saturated heterocycles. The van der Waals surface area contributed by atoms with E-state index in [9.17, 15) is 14.7 Å². The predicted molar refractivity (Wildman–Crippen MR) is 97.0 cm³/mol. The Morgan fingerprint density at radius 2 is 2.15 bits per heavy atom. The molecule has 0 aromatic carbocycles. The molecule has 2 saturated carbocycles. The highest BCUT2D eigenvalue weighted by atomic mass is 16.4. The summed E-state index contributed by atoms with van der Waals surface area (Å²) in [5.74, 6) is 0.301. The van der Waals surface area contributed by atoms with Crippen LogP contribution in [-0.4, -0.2) is 44.9 Å². The Kier molecular flexibility index (Phi) is 4.20. The first-order valence-electron chi connectivity index (χ1n) is 9.76. The molecule has 7 nitrogen and oxygen atoms in total. The molecule has 1 aromatic heterocycles. The number of fused-ring (bicyclic) bond motifs is 1. The summed E-state index contributed by atoms with van der Waals surface area (Å²) in [7, 11) is 0. The van der Waals surface area contributed by atoms with Gasteiger partial charge in [-0.25, -0.2) is 4.79 Å². The van der Waals surface area contributed by atoms with Crippen molar-refractivity contribution in [3.05, 3.63) is 11.9 Å². The van der Waals surface area contributed by atoms with Crippen LogP contribution in [0.25, 0.3) is 0 Å². The van der Waals surface area contributed by atoms with Crippen molar-refractivity contribution in [2.45, 2.75) is 58.4 Å². The number of likely N-dealkylation sites (tertiary alicyclic amines) is 1. The first-order valence-corrected chi connectivity index (χ1v) is 9.76. The number of hydrogen-bond acceptors (Lipinski definition) is 3. The lowest BCUT2D eigenvalue weighted by Crippen LogP contribution is -2.38. The molecule has 2 N–H and O–H groups in total. The Morgan fingerprint density at radius 1 is 1.38 bits per heavy atom. The van der Waals surface area contributed by atoms with Crippen LogP contribution in [0.15, 0.2) is 6.20 Å². The van der Waals surface area contributed by atoms with Crippen LogP contribution < -0.4 is 5.32 Å². The first kappa shape index (κ1) is 17.4. The molecule has 2 atom stereocenters. The number of urea groups is 1. The van der Waals surface area contributed by atoms with Crippen molar-refractivity contribution in [3.63, 3.8) is 0 Å². The molecule has 26 heavy (non-hydrogen) atoms. The number of amides is 2. The maximum Gasteiger partial charge on any atom is 0.321 e. The normalized spacial score (nSPS) is 27.8. The van der Waals surface area contributed by atoms with Crippen molar-refractivity contribution in [2.75, 3.05) is 18.4 Å². The van der Waals surface area contributed by atoms with Gasteiger partial charge >= 0.3 is 12.0 Å². The molecule has 0 unspecified atom stereocenters. The number of carboxylic acid groups (broad SMARTS) is 1. The second-order valence-electron chi connectivity index (χ2n) is 8.65. The van der Waals surface area contributed by atoms with E-state index in [-0.39, 0.29) is 11.9 Å². The van der Waals surface area contributed by atoms with Gasteiger partial charge in [-0.3, -0.25) is 9.48 Å². The SMILES string of the molecule is CC(C)Cn1ncc(NC(=O)N2C[C@@H]3CCC[C@@]3(C(=O)O)C2)c1C1CC1. The average molecular weight is 360 g/mol. The second kappa shape index (κ2) is 6.28. The van der Waals surface area contributed by atoms with E-state index in [2.05, 4.69) is 24.3 Å². The van der Waals surface area contributed by atoms with Crippen molar-refractivity contribution < 1.29 is 14.7 Å². The van der Waals surface area contributed by atoms with Crippen LogP contribution in [0.1, 0.15) is 57.6 Å². The van der Waals surface area contributed by atoms with Gasteiger partial charge in [0.1, 0.15) is 0 Å². The zero-order valence-electron chi connectivity index (χ0n) is 15.6. The summed E-state index contributed by atoms with van der Waals surface area (Å²) in [5, 5.41) is 17.2. The highest BCUT2D eigenvalue weighted by Gasteiger charge is 2.55. The van der Waals surface area contributed by atoms with Crippen molar-refractivity contribution in [1.29, 1.82) is 0 Å². The zero-order valence-corrected chi connectivity index (χ0v) is 15.6. The van der Waals surface area contributed by atoms with Crippen molar-refractivity contribution in [1.82, 2.24) is 14.7 Å². The molecule has 1 aromatic rings. The standard InChI is InChI=1S/C19H28N4O3/c1-12(2)9-23-16(13-5-6-13)15(8-20-23)21-18(26)22-10-14-4-3-7-19(14,11-22)17(24)25/h8,12-14H,3-7,9-11H2,1-2H3,(H,21,26)(H,24,25)/t14-,19+/m0/s1. The fraction of sp³-hybridized carbons (Fsp3) is 0.737. The third-order valence-corrected chi connectivity index (χ3v) is 6.21. The Balaban J connectivity index is 1.49. The Hall–Kier alpha value is -2.05. The van der Waals surface area contributed by atoms with Gasteiger partial charge in [0.2, 0.25) is 0 Å². The van der Waals surface area contributed by atoms with E-state index in [0.29, 0.717) is 31.3 Å². The summed E-state index contributed by atoms with van der Waals surface area (Å²) in [4.78, 5) is 26.3. The number of anilines is 1. The number of nitrogens with one attached hydrogen (secondary N) is 1.